The molecule has 1 atom stereocenters. The zero-order chi connectivity index (χ0) is 13.0. The largest absolute Gasteiger partial charge is 0.323 e. The fraction of sp³-hybridized carbons (Fsp3) is 0.333. The minimum atomic E-state index is -1.48. The molecule has 0 bridgehead atoms. The highest BCUT2D eigenvalue weighted by Gasteiger charge is 2.24. The Balaban J connectivity index is 2.91. The van der Waals surface area contributed by atoms with Gasteiger partial charge in [-0.2, -0.15) is 0 Å². The highest BCUT2D eigenvalue weighted by Crippen LogP contribution is 2.18. The van der Waals surface area contributed by atoms with Crippen molar-refractivity contribution in [2.45, 2.75) is 26.8 Å². The summed E-state index contributed by atoms with van der Waals surface area (Å²) in [5, 5.41) is 5.05. The van der Waals surface area contributed by atoms with Crippen LogP contribution in [-0.2, 0) is 9.59 Å². The zero-order valence-electron chi connectivity index (χ0n) is 9.98. The SMILES string of the molecule is CC(=O)C(N=O)C(=O)Nc1cccc(C)c1C. The van der Waals surface area contributed by atoms with E-state index in [-0.39, 0.29) is 0 Å². The van der Waals surface area contributed by atoms with Gasteiger partial charge in [0.1, 0.15) is 0 Å². The van der Waals surface area contributed by atoms with E-state index >= 15 is 0 Å². The Kier molecular flexibility index (Phi) is 4.09. The highest BCUT2D eigenvalue weighted by molar-refractivity contribution is 6.10. The number of nitrogens with one attached hydrogen (secondary N) is 1. The van der Waals surface area contributed by atoms with Gasteiger partial charge in [-0.15, -0.1) is 4.91 Å². The first-order valence-corrected chi connectivity index (χ1v) is 5.17. The van der Waals surface area contributed by atoms with Crippen LogP contribution in [0.25, 0.3) is 0 Å². The van der Waals surface area contributed by atoms with Gasteiger partial charge in [-0.25, -0.2) is 0 Å². The molecule has 0 saturated heterocycles. The van der Waals surface area contributed by atoms with E-state index in [1.165, 1.54) is 0 Å². The van der Waals surface area contributed by atoms with Gasteiger partial charge in [0.2, 0.25) is 6.04 Å². The van der Waals surface area contributed by atoms with Crippen molar-refractivity contribution in [1.82, 2.24) is 0 Å². The monoisotopic (exact) mass is 234 g/mol. The predicted octanol–water partition coefficient (Wildman–Crippen LogP) is 1.97. The molecular weight excluding hydrogens is 220 g/mol. The molecule has 1 aromatic rings. The number of nitrogens with zero attached hydrogens (tertiary/aromatic N) is 1. The number of carbonyl (C=O) groups excluding carboxylic acids is 2. The van der Waals surface area contributed by atoms with Gasteiger partial charge >= 0.3 is 0 Å². The van der Waals surface area contributed by atoms with Gasteiger partial charge in [-0.1, -0.05) is 12.1 Å². The molecular formula is C12H14N2O3. The van der Waals surface area contributed by atoms with Crippen LogP contribution < -0.4 is 5.32 Å². The van der Waals surface area contributed by atoms with Gasteiger partial charge in [0.25, 0.3) is 5.91 Å². The summed E-state index contributed by atoms with van der Waals surface area (Å²) in [6.45, 7) is 4.92. The molecule has 0 aromatic heterocycles. The van der Waals surface area contributed by atoms with E-state index in [0.717, 1.165) is 18.1 Å². The van der Waals surface area contributed by atoms with Gasteiger partial charge in [0.15, 0.2) is 5.78 Å². The molecule has 1 aromatic carbocycles. The molecule has 0 spiro atoms. The number of ketones is 1. The van der Waals surface area contributed by atoms with Crippen LogP contribution in [0.2, 0.25) is 0 Å². The third kappa shape index (κ3) is 2.96. The van der Waals surface area contributed by atoms with E-state index in [4.69, 9.17) is 0 Å². The van der Waals surface area contributed by atoms with Crippen LogP contribution in [-0.4, -0.2) is 17.7 Å². The van der Waals surface area contributed by atoms with E-state index in [1.54, 1.807) is 12.1 Å². The first-order valence-electron chi connectivity index (χ1n) is 5.17. The van der Waals surface area contributed by atoms with E-state index in [1.807, 2.05) is 19.9 Å². The Labute approximate surface area is 99.2 Å². The lowest BCUT2D eigenvalue weighted by atomic mass is 10.1. The van der Waals surface area contributed by atoms with Crippen molar-refractivity contribution in [3.63, 3.8) is 0 Å². The normalized spacial score (nSPS) is 11.7. The summed E-state index contributed by atoms with van der Waals surface area (Å²) in [5.74, 6) is -1.26. The third-order valence-corrected chi connectivity index (χ3v) is 2.60. The Bertz CT molecular complexity index is 469. The second kappa shape index (κ2) is 5.34. The van der Waals surface area contributed by atoms with E-state index in [2.05, 4.69) is 10.5 Å². The maximum atomic E-state index is 11.6. The predicted molar refractivity (Wildman–Crippen MR) is 64.8 cm³/mol. The second-order valence-corrected chi connectivity index (χ2v) is 3.86. The summed E-state index contributed by atoms with van der Waals surface area (Å²) in [5.41, 5.74) is 2.50. The summed E-state index contributed by atoms with van der Waals surface area (Å²) in [6, 6.07) is 3.93. The molecule has 1 unspecified atom stereocenters. The van der Waals surface area contributed by atoms with Crippen molar-refractivity contribution in [1.29, 1.82) is 0 Å². The average molecular weight is 234 g/mol. The van der Waals surface area contributed by atoms with Crippen LogP contribution in [0.4, 0.5) is 5.69 Å². The number of hydrogen-bond donors (Lipinski definition) is 1. The molecule has 0 fully saturated rings. The van der Waals surface area contributed by atoms with Gasteiger partial charge in [0.05, 0.1) is 0 Å². The van der Waals surface area contributed by atoms with E-state index in [0.29, 0.717) is 5.69 Å². The molecule has 0 aliphatic heterocycles. The fourth-order valence-corrected chi connectivity index (χ4v) is 1.39. The van der Waals surface area contributed by atoms with E-state index in [9.17, 15) is 14.5 Å². The van der Waals surface area contributed by atoms with Crippen molar-refractivity contribution in [2.75, 3.05) is 5.32 Å². The van der Waals surface area contributed by atoms with Crippen molar-refractivity contribution in [2.24, 2.45) is 5.18 Å². The summed E-state index contributed by atoms with van der Waals surface area (Å²) < 4.78 is 0. The second-order valence-electron chi connectivity index (χ2n) is 3.86. The van der Waals surface area contributed by atoms with E-state index < -0.39 is 17.7 Å². The Morgan fingerprint density at radius 1 is 1.29 bits per heavy atom. The number of amides is 1. The van der Waals surface area contributed by atoms with Crippen molar-refractivity contribution in [3.05, 3.63) is 34.2 Å². The van der Waals surface area contributed by atoms with Crippen molar-refractivity contribution >= 4 is 17.4 Å². The molecule has 5 nitrogen and oxygen atoms in total. The number of Topliss-reactive ketones (excluding diaryl/α,β-unsaturated/α-hetero) is 1. The summed E-state index contributed by atoms with van der Waals surface area (Å²) >= 11 is 0. The molecule has 5 heteroatoms. The number of carbonyl (C=O) groups is 2. The number of benzene rings is 1. The third-order valence-electron chi connectivity index (χ3n) is 2.60. The first kappa shape index (κ1) is 13.0. The van der Waals surface area contributed by atoms with Gasteiger partial charge in [-0.05, 0) is 43.1 Å². The van der Waals surface area contributed by atoms with Crippen LogP contribution in [0.1, 0.15) is 18.1 Å². The average Bonchev–Trinajstić information content (AvgIpc) is 2.25. The Morgan fingerprint density at radius 3 is 2.47 bits per heavy atom. The molecule has 0 heterocycles. The summed E-state index contributed by atoms with van der Waals surface area (Å²) in [6.07, 6.45) is 0. The van der Waals surface area contributed by atoms with Gasteiger partial charge < -0.3 is 5.32 Å². The number of hydrogen-bond acceptors (Lipinski definition) is 4. The minimum absolute atomic E-state index is 0.567. The van der Waals surface area contributed by atoms with Gasteiger partial charge in [0, 0.05) is 5.69 Å². The quantitative estimate of drug-likeness (QED) is 0.639. The molecule has 90 valence electrons. The molecule has 0 aliphatic carbocycles. The lowest BCUT2D eigenvalue weighted by molar-refractivity contribution is -0.126. The van der Waals surface area contributed by atoms with Crippen molar-refractivity contribution in [3.8, 4) is 0 Å². The number of nitroso groups, excluding NO2 is 1. The standard InChI is InChI=1S/C12H14N2O3/c1-7-5-4-6-10(8(7)2)13-12(16)11(14-17)9(3)15/h4-6,11H,1-3H3,(H,13,16). The maximum Gasteiger partial charge on any atom is 0.260 e. The molecule has 1 rings (SSSR count). The van der Waals surface area contributed by atoms with Gasteiger partial charge in [-0.3, -0.25) is 9.59 Å². The van der Waals surface area contributed by atoms with Crippen LogP contribution in [0, 0.1) is 18.8 Å². The maximum absolute atomic E-state index is 11.6. The smallest absolute Gasteiger partial charge is 0.260 e. The van der Waals surface area contributed by atoms with Crippen molar-refractivity contribution < 1.29 is 9.59 Å². The molecule has 1 amide bonds. The first-order chi connectivity index (χ1) is 7.97. The minimum Gasteiger partial charge on any atom is -0.323 e. The topological polar surface area (TPSA) is 75.6 Å². The fourth-order valence-electron chi connectivity index (χ4n) is 1.39. The molecule has 0 aliphatic rings. The Morgan fingerprint density at radius 2 is 1.94 bits per heavy atom. The van der Waals surface area contributed by atoms with Crippen LogP contribution in [0.3, 0.4) is 0 Å². The molecule has 17 heavy (non-hydrogen) atoms. The summed E-state index contributed by atoms with van der Waals surface area (Å²) in [4.78, 5) is 33.0. The molecule has 0 radical (unpaired) electrons. The lowest BCUT2D eigenvalue weighted by Gasteiger charge is -2.11. The highest BCUT2D eigenvalue weighted by atomic mass is 16.3. The Hall–Kier alpha value is -2.04. The molecule has 1 N–H and O–H groups in total. The lowest BCUT2D eigenvalue weighted by Crippen LogP contribution is -2.31. The zero-order valence-corrected chi connectivity index (χ0v) is 9.98. The number of aryl methyl sites for hydroxylation is 1. The summed E-state index contributed by atoms with van der Waals surface area (Å²) in [7, 11) is 0. The van der Waals surface area contributed by atoms with Crippen LogP contribution in [0.15, 0.2) is 23.4 Å². The number of rotatable bonds is 4. The van der Waals surface area contributed by atoms with Crippen LogP contribution >= 0.6 is 0 Å². The molecule has 0 saturated carbocycles. The van der Waals surface area contributed by atoms with Crippen LogP contribution in [0.5, 0.6) is 0 Å². The number of anilines is 1.